The highest BCUT2D eigenvalue weighted by atomic mass is 32.1. The van der Waals surface area contributed by atoms with Gasteiger partial charge in [0.1, 0.15) is 0 Å². The lowest BCUT2D eigenvalue weighted by Crippen LogP contribution is -2.31. The number of rotatable bonds is 2. The Morgan fingerprint density at radius 1 is 1.35 bits per heavy atom. The first-order valence-electron chi connectivity index (χ1n) is 6.42. The van der Waals surface area contributed by atoms with Crippen LogP contribution in [-0.2, 0) is 0 Å². The molecule has 1 atom stereocenters. The van der Waals surface area contributed by atoms with Crippen LogP contribution in [0.4, 0.5) is 4.79 Å². The summed E-state index contributed by atoms with van der Waals surface area (Å²) in [6, 6.07) is 11.5. The monoisotopic (exact) mass is 285 g/mol. The molecule has 0 saturated heterocycles. The zero-order valence-corrected chi connectivity index (χ0v) is 11.9. The molecule has 4 nitrogen and oxygen atoms in total. The summed E-state index contributed by atoms with van der Waals surface area (Å²) in [7, 11) is 0. The molecule has 20 heavy (non-hydrogen) atoms. The minimum absolute atomic E-state index is 0.106. The van der Waals surface area contributed by atoms with E-state index in [4.69, 9.17) is 5.73 Å². The number of hydrogen-bond acceptors (Lipinski definition) is 3. The largest absolute Gasteiger partial charge is 0.350 e. The van der Waals surface area contributed by atoms with Crippen molar-refractivity contribution in [2.24, 2.45) is 10.8 Å². The standard InChI is InChI=1S/C15H15N3OS/c1-10-4-6-11(7-5-10)13-9-12(14-3-2-8-20-14)17-18(13)15(16)19/h2-8,13H,9H2,1H3,(H2,16,19)/t13-/m1/s1. The third kappa shape index (κ3) is 2.32. The Morgan fingerprint density at radius 3 is 2.70 bits per heavy atom. The molecule has 0 unspecified atom stereocenters. The summed E-state index contributed by atoms with van der Waals surface area (Å²) in [5.41, 5.74) is 8.63. The van der Waals surface area contributed by atoms with Crippen molar-refractivity contribution in [3.8, 4) is 0 Å². The number of carbonyl (C=O) groups excluding carboxylic acids is 1. The second-order valence-corrected chi connectivity index (χ2v) is 5.79. The van der Waals surface area contributed by atoms with Crippen LogP contribution < -0.4 is 5.73 Å². The van der Waals surface area contributed by atoms with Crippen LogP contribution in [0.1, 0.15) is 28.5 Å². The maximum atomic E-state index is 11.6. The van der Waals surface area contributed by atoms with Crippen molar-refractivity contribution in [1.82, 2.24) is 5.01 Å². The number of amides is 2. The van der Waals surface area contributed by atoms with Gasteiger partial charge in [-0.1, -0.05) is 35.9 Å². The molecule has 5 heteroatoms. The SMILES string of the molecule is Cc1ccc([C@H]2CC(c3cccs3)=NN2C(N)=O)cc1. The van der Waals surface area contributed by atoms with Gasteiger partial charge in [-0.3, -0.25) is 0 Å². The Balaban J connectivity index is 1.93. The van der Waals surface area contributed by atoms with Gasteiger partial charge in [0, 0.05) is 6.42 Å². The molecule has 1 aromatic heterocycles. The van der Waals surface area contributed by atoms with E-state index in [0.717, 1.165) is 16.2 Å². The third-order valence-electron chi connectivity index (χ3n) is 3.40. The summed E-state index contributed by atoms with van der Waals surface area (Å²) >= 11 is 1.62. The first-order chi connectivity index (χ1) is 9.65. The lowest BCUT2D eigenvalue weighted by atomic mass is 10.0. The van der Waals surface area contributed by atoms with Crippen molar-refractivity contribution in [3.05, 3.63) is 57.8 Å². The number of hydrogen-bond donors (Lipinski definition) is 1. The summed E-state index contributed by atoms with van der Waals surface area (Å²) in [6.07, 6.45) is 0.701. The van der Waals surface area contributed by atoms with E-state index in [0.29, 0.717) is 6.42 Å². The molecular formula is C15H15N3OS. The molecule has 2 aromatic rings. The quantitative estimate of drug-likeness (QED) is 0.904. The van der Waals surface area contributed by atoms with Crippen molar-refractivity contribution < 1.29 is 4.79 Å². The highest BCUT2D eigenvalue weighted by Crippen LogP contribution is 2.33. The fourth-order valence-electron chi connectivity index (χ4n) is 2.35. The average molecular weight is 285 g/mol. The number of primary amides is 1. The number of hydrazone groups is 1. The van der Waals surface area contributed by atoms with Gasteiger partial charge in [0.05, 0.1) is 16.6 Å². The number of carbonyl (C=O) groups is 1. The second-order valence-electron chi connectivity index (χ2n) is 4.84. The van der Waals surface area contributed by atoms with Crippen LogP contribution in [0, 0.1) is 6.92 Å². The molecule has 1 aromatic carbocycles. The Labute approximate surface area is 121 Å². The summed E-state index contributed by atoms with van der Waals surface area (Å²) in [4.78, 5) is 12.7. The van der Waals surface area contributed by atoms with Gasteiger partial charge < -0.3 is 5.73 Å². The normalized spacial score (nSPS) is 18.1. The van der Waals surface area contributed by atoms with Gasteiger partial charge in [0.25, 0.3) is 0 Å². The van der Waals surface area contributed by atoms with Crippen molar-refractivity contribution in [2.45, 2.75) is 19.4 Å². The predicted molar refractivity (Wildman–Crippen MR) is 80.8 cm³/mol. The first kappa shape index (κ1) is 12.9. The summed E-state index contributed by atoms with van der Waals surface area (Å²) in [5.74, 6) is 0. The van der Waals surface area contributed by atoms with Gasteiger partial charge in [-0.25, -0.2) is 9.80 Å². The zero-order chi connectivity index (χ0) is 14.1. The molecule has 0 aliphatic carbocycles. The van der Waals surface area contributed by atoms with E-state index in [2.05, 4.69) is 5.10 Å². The molecule has 1 aliphatic rings. The summed E-state index contributed by atoms with van der Waals surface area (Å²) in [5, 5.41) is 7.79. The number of urea groups is 1. The van der Waals surface area contributed by atoms with E-state index in [1.165, 1.54) is 10.6 Å². The molecule has 2 heterocycles. The maximum Gasteiger partial charge on any atom is 0.335 e. The highest BCUT2D eigenvalue weighted by Gasteiger charge is 2.32. The molecule has 2 N–H and O–H groups in total. The smallest absolute Gasteiger partial charge is 0.335 e. The fourth-order valence-corrected chi connectivity index (χ4v) is 3.07. The van der Waals surface area contributed by atoms with Gasteiger partial charge in [0.2, 0.25) is 0 Å². The van der Waals surface area contributed by atoms with Crippen molar-refractivity contribution in [2.75, 3.05) is 0 Å². The van der Waals surface area contributed by atoms with Crippen LogP contribution in [-0.4, -0.2) is 16.8 Å². The van der Waals surface area contributed by atoms with Crippen LogP contribution in [0.25, 0.3) is 0 Å². The molecule has 0 fully saturated rings. The lowest BCUT2D eigenvalue weighted by Gasteiger charge is -2.19. The molecule has 1 aliphatic heterocycles. The van der Waals surface area contributed by atoms with Crippen molar-refractivity contribution in [1.29, 1.82) is 0 Å². The van der Waals surface area contributed by atoms with E-state index in [1.54, 1.807) is 11.3 Å². The van der Waals surface area contributed by atoms with Crippen LogP contribution in [0.15, 0.2) is 46.9 Å². The highest BCUT2D eigenvalue weighted by molar-refractivity contribution is 7.12. The number of nitrogens with zero attached hydrogens (tertiary/aromatic N) is 2. The number of thiophene rings is 1. The number of aryl methyl sites for hydroxylation is 1. The van der Waals surface area contributed by atoms with E-state index in [1.807, 2.05) is 48.7 Å². The van der Waals surface area contributed by atoms with Gasteiger partial charge in [-0.2, -0.15) is 5.10 Å². The number of benzene rings is 1. The van der Waals surface area contributed by atoms with Crippen molar-refractivity contribution >= 4 is 23.1 Å². The van der Waals surface area contributed by atoms with Crippen LogP contribution >= 0.6 is 11.3 Å². The maximum absolute atomic E-state index is 11.6. The minimum atomic E-state index is -0.512. The van der Waals surface area contributed by atoms with Gasteiger partial charge in [-0.05, 0) is 23.9 Å². The van der Waals surface area contributed by atoms with E-state index in [9.17, 15) is 4.79 Å². The molecule has 0 bridgehead atoms. The predicted octanol–water partition coefficient (Wildman–Crippen LogP) is 3.29. The van der Waals surface area contributed by atoms with Gasteiger partial charge >= 0.3 is 6.03 Å². The Bertz CT molecular complexity index is 646. The Hall–Kier alpha value is -2.14. The Morgan fingerprint density at radius 2 is 2.10 bits per heavy atom. The Kier molecular flexibility index (Phi) is 3.28. The van der Waals surface area contributed by atoms with Crippen molar-refractivity contribution in [3.63, 3.8) is 0 Å². The molecule has 0 radical (unpaired) electrons. The first-order valence-corrected chi connectivity index (χ1v) is 7.29. The second kappa shape index (κ2) is 5.09. The molecule has 2 amide bonds. The van der Waals surface area contributed by atoms with Gasteiger partial charge in [-0.15, -0.1) is 11.3 Å². The van der Waals surface area contributed by atoms with Crippen LogP contribution in [0.5, 0.6) is 0 Å². The lowest BCUT2D eigenvalue weighted by molar-refractivity contribution is 0.196. The van der Waals surface area contributed by atoms with E-state index < -0.39 is 6.03 Å². The summed E-state index contributed by atoms with van der Waals surface area (Å²) < 4.78 is 0. The number of nitrogens with two attached hydrogens (primary N) is 1. The van der Waals surface area contributed by atoms with Crippen LogP contribution in [0.2, 0.25) is 0 Å². The fraction of sp³-hybridized carbons (Fsp3) is 0.200. The van der Waals surface area contributed by atoms with E-state index >= 15 is 0 Å². The van der Waals surface area contributed by atoms with Gasteiger partial charge in [0.15, 0.2) is 0 Å². The third-order valence-corrected chi connectivity index (χ3v) is 4.32. The zero-order valence-electron chi connectivity index (χ0n) is 11.1. The molecule has 0 saturated carbocycles. The minimum Gasteiger partial charge on any atom is -0.350 e. The molecular weight excluding hydrogens is 270 g/mol. The average Bonchev–Trinajstić information content (AvgIpc) is 3.08. The van der Waals surface area contributed by atoms with Crippen LogP contribution in [0.3, 0.4) is 0 Å². The van der Waals surface area contributed by atoms with E-state index in [-0.39, 0.29) is 6.04 Å². The molecule has 3 rings (SSSR count). The molecule has 0 spiro atoms. The summed E-state index contributed by atoms with van der Waals surface area (Å²) in [6.45, 7) is 2.04. The topological polar surface area (TPSA) is 58.7 Å². The molecule has 102 valence electrons.